The molecule has 0 radical (unpaired) electrons. The van der Waals surface area contributed by atoms with Gasteiger partial charge >= 0.3 is 0 Å². The second-order valence-corrected chi connectivity index (χ2v) is 5.58. The number of aliphatic imine (C=N–C) groups is 2. The summed E-state index contributed by atoms with van der Waals surface area (Å²) in [6.45, 7) is 3.80. The number of hydrogen-bond acceptors (Lipinski definition) is 6. The van der Waals surface area contributed by atoms with Crippen molar-refractivity contribution >= 4 is 47.5 Å². The monoisotopic (exact) mass is 351 g/mol. The lowest BCUT2D eigenvalue weighted by atomic mass is 10.2. The predicted octanol–water partition coefficient (Wildman–Crippen LogP) is 2.53. The Hall–Kier alpha value is -1.21. The fraction of sp³-hybridized carbons (Fsp3) is 0.333. The molecule has 0 aliphatic carbocycles. The van der Waals surface area contributed by atoms with Crippen LogP contribution in [0.1, 0.15) is 19.4 Å². The number of hydroxylamine groups is 2. The summed E-state index contributed by atoms with van der Waals surface area (Å²) in [6.07, 6.45) is 0. The highest BCUT2D eigenvalue weighted by Gasteiger charge is 2.33. The fourth-order valence-corrected chi connectivity index (χ4v) is 2.17. The molecule has 0 bridgehead atoms. The molecule has 0 spiro atoms. The summed E-state index contributed by atoms with van der Waals surface area (Å²) in [7, 11) is 0. The number of hydrogen-bond donors (Lipinski definition) is 2. The van der Waals surface area contributed by atoms with Gasteiger partial charge in [-0.1, -0.05) is 23.2 Å². The van der Waals surface area contributed by atoms with E-state index in [1.807, 2.05) is 0 Å². The van der Waals surface area contributed by atoms with E-state index in [-0.39, 0.29) is 30.9 Å². The number of nitrogens with two attached hydrogens (primary N) is 2. The van der Waals surface area contributed by atoms with Crippen LogP contribution < -0.4 is 11.5 Å². The molecule has 0 aromatic heterocycles. The zero-order chi connectivity index (χ0) is 14.9. The first-order valence-corrected chi connectivity index (χ1v) is 6.62. The van der Waals surface area contributed by atoms with Gasteiger partial charge in [-0.3, -0.25) is 4.84 Å². The predicted molar refractivity (Wildman–Crippen MR) is 87.7 cm³/mol. The van der Waals surface area contributed by atoms with Gasteiger partial charge in [-0.25, -0.2) is 4.99 Å². The molecule has 9 heteroatoms. The van der Waals surface area contributed by atoms with Crippen LogP contribution in [0.15, 0.2) is 28.2 Å². The standard InChI is InChI=1S/C12H15Cl2N5O.ClH/c1-12(2)18-10(15)17-11(16)19(12)20-6-7-5-8(13)3-4-9(7)14;/h3-5H,6H2,1-2H3,(H4,15,16,17,18);1H. The molecule has 1 heterocycles. The molecule has 0 amide bonds. The van der Waals surface area contributed by atoms with E-state index in [0.717, 1.165) is 5.56 Å². The molecule has 6 nitrogen and oxygen atoms in total. The van der Waals surface area contributed by atoms with Gasteiger partial charge in [-0.2, -0.15) is 10.1 Å². The van der Waals surface area contributed by atoms with E-state index < -0.39 is 5.66 Å². The third kappa shape index (κ3) is 4.14. The van der Waals surface area contributed by atoms with Crippen LogP contribution in [0.3, 0.4) is 0 Å². The summed E-state index contributed by atoms with van der Waals surface area (Å²) in [5.41, 5.74) is 11.4. The summed E-state index contributed by atoms with van der Waals surface area (Å²) >= 11 is 12.0. The Kier molecular flexibility index (Phi) is 5.69. The van der Waals surface area contributed by atoms with Crippen molar-refractivity contribution in [3.63, 3.8) is 0 Å². The van der Waals surface area contributed by atoms with Gasteiger partial charge in [0.25, 0.3) is 0 Å². The van der Waals surface area contributed by atoms with Crippen LogP contribution in [0.4, 0.5) is 0 Å². The molecule has 1 aliphatic rings. The second-order valence-electron chi connectivity index (χ2n) is 4.74. The Balaban J connectivity index is 0.00000220. The van der Waals surface area contributed by atoms with Gasteiger partial charge in [0.05, 0.1) is 0 Å². The van der Waals surface area contributed by atoms with E-state index >= 15 is 0 Å². The molecule has 1 aliphatic heterocycles. The van der Waals surface area contributed by atoms with Crippen molar-refractivity contribution in [2.45, 2.75) is 26.1 Å². The molecule has 1 aromatic rings. The largest absolute Gasteiger partial charge is 0.368 e. The van der Waals surface area contributed by atoms with Gasteiger partial charge in [0.2, 0.25) is 11.9 Å². The third-order valence-electron chi connectivity index (χ3n) is 2.68. The van der Waals surface area contributed by atoms with Crippen LogP contribution in [-0.4, -0.2) is 22.6 Å². The first-order valence-electron chi connectivity index (χ1n) is 5.86. The Labute approximate surface area is 139 Å². The number of nitrogens with zero attached hydrogens (tertiary/aromatic N) is 3. The van der Waals surface area contributed by atoms with E-state index in [1.165, 1.54) is 5.06 Å². The van der Waals surface area contributed by atoms with Crippen LogP contribution in [0.2, 0.25) is 10.0 Å². The van der Waals surface area contributed by atoms with E-state index in [2.05, 4.69) is 9.98 Å². The van der Waals surface area contributed by atoms with Crippen molar-refractivity contribution in [2.75, 3.05) is 0 Å². The first-order chi connectivity index (χ1) is 9.29. The minimum absolute atomic E-state index is 0. The summed E-state index contributed by atoms with van der Waals surface area (Å²) in [4.78, 5) is 13.7. The number of halogens is 3. The van der Waals surface area contributed by atoms with Crippen molar-refractivity contribution in [1.82, 2.24) is 5.06 Å². The Morgan fingerprint density at radius 2 is 1.95 bits per heavy atom. The minimum Gasteiger partial charge on any atom is -0.368 e. The maximum atomic E-state index is 6.08. The zero-order valence-corrected chi connectivity index (χ0v) is 13.8. The van der Waals surface area contributed by atoms with Crippen molar-refractivity contribution < 1.29 is 4.84 Å². The Morgan fingerprint density at radius 3 is 2.57 bits per heavy atom. The van der Waals surface area contributed by atoms with Crippen molar-refractivity contribution in [1.29, 1.82) is 0 Å². The summed E-state index contributed by atoms with van der Waals surface area (Å²) in [5, 5.41) is 2.53. The maximum Gasteiger partial charge on any atom is 0.226 e. The average molecular weight is 353 g/mol. The molecule has 2 rings (SSSR count). The van der Waals surface area contributed by atoms with Gasteiger partial charge in [0, 0.05) is 15.6 Å². The smallest absolute Gasteiger partial charge is 0.226 e. The third-order valence-corrected chi connectivity index (χ3v) is 3.28. The van der Waals surface area contributed by atoms with Crippen LogP contribution in [0.25, 0.3) is 0 Å². The molecular weight excluding hydrogens is 337 g/mol. The summed E-state index contributed by atoms with van der Waals surface area (Å²) in [6, 6.07) is 5.14. The van der Waals surface area contributed by atoms with Crippen LogP contribution >= 0.6 is 35.6 Å². The van der Waals surface area contributed by atoms with E-state index in [9.17, 15) is 0 Å². The molecule has 0 fully saturated rings. The molecule has 4 N–H and O–H groups in total. The Bertz CT molecular complexity index is 588. The van der Waals surface area contributed by atoms with Crippen molar-refractivity contribution in [3.05, 3.63) is 33.8 Å². The van der Waals surface area contributed by atoms with E-state index in [0.29, 0.717) is 10.0 Å². The van der Waals surface area contributed by atoms with Gasteiger partial charge in [0.1, 0.15) is 6.61 Å². The molecule has 0 saturated carbocycles. The molecule has 1 aromatic carbocycles. The van der Waals surface area contributed by atoms with Gasteiger partial charge < -0.3 is 11.5 Å². The van der Waals surface area contributed by atoms with Gasteiger partial charge in [-0.15, -0.1) is 12.4 Å². The number of guanidine groups is 2. The Morgan fingerprint density at radius 1 is 1.29 bits per heavy atom. The van der Waals surface area contributed by atoms with Crippen LogP contribution in [-0.2, 0) is 11.4 Å². The lowest BCUT2D eigenvalue weighted by Crippen LogP contribution is -2.53. The highest BCUT2D eigenvalue weighted by Crippen LogP contribution is 2.24. The normalized spacial score (nSPS) is 16.9. The van der Waals surface area contributed by atoms with Gasteiger partial charge in [-0.05, 0) is 32.0 Å². The maximum absolute atomic E-state index is 6.08. The highest BCUT2D eigenvalue weighted by molar-refractivity contribution is 6.33. The lowest BCUT2D eigenvalue weighted by molar-refractivity contribution is -0.166. The van der Waals surface area contributed by atoms with Crippen LogP contribution in [0, 0.1) is 0 Å². The molecule has 0 unspecified atom stereocenters. The second kappa shape index (κ2) is 6.70. The first kappa shape index (κ1) is 17.8. The average Bonchev–Trinajstić information content (AvgIpc) is 2.31. The minimum atomic E-state index is -0.749. The van der Waals surface area contributed by atoms with Crippen molar-refractivity contribution in [2.24, 2.45) is 21.5 Å². The summed E-state index contributed by atoms with van der Waals surface area (Å²) in [5.74, 6) is 0.258. The summed E-state index contributed by atoms with van der Waals surface area (Å²) < 4.78 is 0. The highest BCUT2D eigenvalue weighted by atomic mass is 35.5. The van der Waals surface area contributed by atoms with Gasteiger partial charge in [0.15, 0.2) is 5.66 Å². The van der Waals surface area contributed by atoms with Crippen molar-refractivity contribution in [3.8, 4) is 0 Å². The molecule has 0 atom stereocenters. The lowest BCUT2D eigenvalue weighted by Gasteiger charge is -2.36. The van der Waals surface area contributed by atoms with Crippen LogP contribution in [0.5, 0.6) is 0 Å². The topological polar surface area (TPSA) is 89.2 Å². The zero-order valence-electron chi connectivity index (χ0n) is 11.5. The van der Waals surface area contributed by atoms with E-state index in [1.54, 1.807) is 32.0 Å². The fourth-order valence-electron chi connectivity index (χ4n) is 1.81. The molecule has 116 valence electrons. The SMILES string of the molecule is CC1(C)N=C(N)N=C(N)N1OCc1cc(Cl)ccc1Cl.Cl. The molecular formula is C12H16Cl3N5O. The molecule has 21 heavy (non-hydrogen) atoms. The number of benzene rings is 1. The van der Waals surface area contributed by atoms with E-state index in [4.69, 9.17) is 39.5 Å². The number of rotatable bonds is 3. The molecule has 0 saturated heterocycles. The quantitative estimate of drug-likeness (QED) is 0.874.